The van der Waals surface area contributed by atoms with Gasteiger partial charge in [-0.25, -0.2) is 0 Å². The summed E-state index contributed by atoms with van der Waals surface area (Å²) in [6.45, 7) is 2.02. The number of halogens is 1. The van der Waals surface area contributed by atoms with Crippen LogP contribution >= 0.6 is 15.9 Å². The highest BCUT2D eigenvalue weighted by Gasteiger charge is 1.98. The van der Waals surface area contributed by atoms with Crippen molar-refractivity contribution in [2.24, 2.45) is 0 Å². The molecule has 0 aliphatic heterocycles. The molecular formula is C6H7BrN2. The molecule has 0 bridgehead atoms. The molecule has 1 aromatic rings. The predicted molar refractivity (Wildman–Crippen MR) is 39.4 cm³/mol. The molecular weight excluding hydrogens is 180 g/mol. The van der Waals surface area contributed by atoms with Crippen LogP contribution in [-0.4, -0.2) is 9.97 Å². The molecule has 9 heavy (non-hydrogen) atoms. The minimum Gasteiger partial charge on any atom is -0.261 e. The van der Waals surface area contributed by atoms with Crippen LogP contribution in [0.5, 0.6) is 0 Å². The van der Waals surface area contributed by atoms with E-state index in [9.17, 15) is 0 Å². The van der Waals surface area contributed by atoms with E-state index in [0.717, 1.165) is 5.69 Å². The Hall–Kier alpha value is -0.440. The molecule has 0 radical (unpaired) electrons. The number of hydrogen-bond donors (Lipinski definition) is 0. The van der Waals surface area contributed by atoms with E-state index in [1.807, 2.05) is 6.92 Å². The van der Waals surface area contributed by atoms with E-state index < -0.39 is 0 Å². The topological polar surface area (TPSA) is 25.8 Å². The second-order valence-electron chi connectivity index (χ2n) is 1.75. The van der Waals surface area contributed by atoms with Gasteiger partial charge in [0.05, 0.1) is 10.5 Å². The van der Waals surface area contributed by atoms with Crippen molar-refractivity contribution >= 4 is 15.9 Å². The lowest BCUT2D eigenvalue weighted by molar-refractivity contribution is 0.991. The summed E-state index contributed by atoms with van der Waals surface area (Å²) < 4.78 is 0. The van der Waals surface area contributed by atoms with Crippen molar-refractivity contribution in [1.29, 1.82) is 0 Å². The van der Waals surface area contributed by atoms with E-state index in [0.29, 0.717) is 4.83 Å². The standard InChI is InChI=1S/C6H7BrN2/c1-5(7)6-4-8-2-3-9-6/h2-5H,1H3/t5-/m0/s1. The summed E-state index contributed by atoms with van der Waals surface area (Å²) in [6, 6.07) is 0. The first-order chi connectivity index (χ1) is 4.30. The number of rotatable bonds is 1. The van der Waals surface area contributed by atoms with Crippen LogP contribution in [0.1, 0.15) is 17.4 Å². The van der Waals surface area contributed by atoms with Gasteiger partial charge in [0.2, 0.25) is 0 Å². The van der Waals surface area contributed by atoms with Gasteiger partial charge in [-0.05, 0) is 6.92 Å². The summed E-state index contributed by atoms with van der Waals surface area (Å²) in [5.74, 6) is 0. The Morgan fingerprint density at radius 3 is 2.67 bits per heavy atom. The van der Waals surface area contributed by atoms with Crippen LogP contribution in [-0.2, 0) is 0 Å². The van der Waals surface area contributed by atoms with Gasteiger partial charge < -0.3 is 0 Å². The Morgan fingerprint density at radius 1 is 1.56 bits per heavy atom. The average molecular weight is 187 g/mol. The van der Waals surface area contributed by atoms with Gasteiger partial charge >= 0.3 is 0 Å². The van der Waals surface area contributed by atoms with Crippen LogP contribution in [0.25, 0.3) is 0 Å². The van der Waals surface area contributed by atoms with Crippen molar-refractivity contribution in [1.82, 2.24) is 9.97 Å². The third-order valence-electron chi connectivity index (χ3n) is 0.991. The first-order valence-electron chi connectivity index (χ1n) is 2.70. The van der Waals surface area contributed by atoms with Crippen molar-refractivity contribution in [3.8, 4) is 0 Å². The molecule has 3 heteroatoms. The van der Waals surface area contributed by atoms with Crippen LogP contribution in [0, 0.1) is 0 Å². The average Bonchev–Trinajstić information content (AvgIpc) is 1.90. The highest BCUT2D eigenvalue weighted by Crippen LogP contribution is 2.16. The van der Waals surface area contributed by atoms with Crippen molar-refractivity contribution in [3.63, 3.8) is 0 Å². The largest absolute Gasteiger partial charge is 0.261 e. The number of aromatic nitrogens is 2. The molecule has 0 unspecified atom stereocenters. The highest BCUT2D eigenvalue weighted by molar-refractivity contribution is 9.09. The van der Waals surface area contributed by atoms with Gasteiger partial charge in [0, 0.05) is 18.6 Å². The zero-order valence-corrected chi connectivity index (χ0v) is 6.67. The Labute approximate surface area is 62.5 Å². The lowest BCUT2D eigenvalue weighted by Gasteiger charge is -1.97. The normalized spacial score (nSPS) is 13.1. The first-order valence-corrected chi connectivity index (χ1v) is 3.62. The van der Waals surface area contributed by atoms with E-state index >= 15 is 0 Å². The zero-order chi connectivity index (χ0) is 6.69. The summed E-state index contributed by atoms with van der Waals surface area (Å²) in [5, 5.41) is 0. The maximum absolute atomic E-state index is 4.07. The van der Waals surface area contributed by atoms with Crippen LogP contribution in [0.15, 0.2) is 18.6 Å². The summed E-state index contributed by atoms with van der Waals surface area (Å²) >= 11 is 3.38. The fourth-order valence-corrected chi connectivity index (χ4v) is 0.752. The SMILES string of the molecule is C[C@H](Br)c1cnccn1. The van der Waals surface area contributed by atoms with Gasteiger partial charge in [0.1, 0.15) is 0 Å². The monoisotopic (exact) mass is 186 g/mol. The van der Waals surface area contributed by atoms with Gasteiger partial charge in [-0.3, -0.25) is 9.97 Å². The van der Waals surface area contributed by atoms with Crippen molar-refractivity contribution < 1.29 is 0 Å². The zero-order valence-electron chi connectivity index (χ0n) is 5.08. The number of hydrogen-bond acceptors (Lipinski definition) is 2. The summed E-state index contributed by atoms with van der Waals surface area (Å²) in [6.07, 6.45) is 5.10. The first kappa shape index (κ1) is 6.68. The molecule has 1 heterocycles. The lowest BCUT2D eigenvalue weighted by Crippen LogP contribution is -1.88. The summed E-state index contributed by atoms with van der Waals surface area (Å²) in [5.41, 5.74) is 0.970. The molecule has 48 valence electrons. The molecule has 0 amide bonds. The Bertz CT molecular complexity index is 174. The van der Waals surface area contributed by atoms with Crippen LogP contribution < -0.4 is 0 Å². The maximum atomic E-state index is 4.07. The van der Waals surface area contributed by atoms with E-state index in [1.165, 1.54) is 0 Å². The van der Waals surface area contributed by atoms with E-state index in [4.69, 9.17) is 0 Å². The van der Waals surface area contributed by atoms with Gasteiger partial charge in [0.15, 0.2) is 0 Å². The fourth-order valence-electron chi connectivity index (χ4n) is 0.516. The number of nitrogens with zero attached hydrogens (tertiary/aromatic N) is 2. The molecule has 0 aliphatic rings. The van der Waals surface area contributed by atoms with E-state index in [-0.39, 0.29) is 0 Å². The molecule has 2 nitrogen and oxygen atoms in total. The summed E-state index contributed by atoms with van der Waals surface area (Å²) in [7, 11) is 0. The third kappa shape index (κ3) is 1.75. The van der Waals surface area contributed by atoms with Crippen molar-refractivity contribution in [2.75, 3.05) is 0 Å². The van der Waals surface area contributed by atoms with Crippen molar-refractivity contribution in [3.05, 3.63) is 24.3 Å². The van der Waals surface area contributed by atoms with Crippen molar-refractivity contribution in [2.45, 2.75) is 11.8 Å². The molecule has 0 saturated heterocycles. The second-order valence-corrected chi connectivity index (χ2v) is 3.12. The molecule has 0 spiro atoms. The molecule has 1 rings (SSSR count). The van der Waals surface area contributed by atoms with E-state index in [2.05, 4.69) is 25.9 Å². The molecule has 0 aliphatic carbocycles. The van der Waals surface area contributed by atoms with Gasteiger partial charge in [-0.15, -0.1) is 0 Å². The fraction of sp³-hybridized carbons (Fsp3) is 0.333. The van der Waals surface area contributed by atoms with Gasteiger partial charge in [-0.2, -0.15) is 0 Å². The maximum Gasteiger partial charge on any atom is 0.0720 e. The molecule has 0 fully saturated rings. The third-order valence-corrected chi connectivity index (χ3v) is 1.46. The molecule has 1 aromatic heterocycles. The molecule has 0 saturated carbocycles. The Balaban J connectivity index is 2.85. The van der Waals surface area contributed by atoms with Gasteiger partial charge in [0.25, 0.3) is 0 Å². The summed E-state index contributed by atoms with van der Waals surface area (Å²) in [4.78, 5) is 8.28. The molecule has 1 atom stereocenters. The minimum atomic E-state index is 0.297. The van der Waals surface area contributed by atoms with Gasteiger partial charge in [-0.1, -0.05) is 15.9 Å². The molecule has 0 aromatic carbocycles. The molecule has 0 N–H and O–H groups in total. The van der Waals surface area contributed by atoms with Crippen LogP contribution in [0.4, 0.5) is 0 Å². The van der Waals surface area contributed by atoms with E-state index in [1.54, 1.807) is 18.6 Å². The predicted octanol–water partition coefficient (Wildman–Crippen LogP) is 1.93. The smallest absolute Gasteiger partial charge is 0.0720 e. The second kappa shape index (κ2) is 2.92. The Kier molecular flexibility index (Phi) is 2.16. The lowest BCUT2D eigenvalue weighted by atomic mass is 10.4. The number of alkyl halides is 1. The highest BCUT2D eigenvalue weighted by atomic mass is 79.9. The minimum absolute atomic E-state index is 0.297. The Morgan fingerprint density at radius 2 is 2.33 bits per heavy atom. The van der Waals surface area contributed by atoms with Crippen LogP contribution in [0.2, 0.25) is 0 Å². The quantitative estimate of drug-likeness (QED) is 0.627. The van der Waals surface area contributed by atoms with Crippen LogP contribution in [0.3, 0.4) is 0 Å².